The van der Waals surface area contributed by atoms with Gasteiger partial charge in [-0.1, -0.05) is 30.3 Å². The van der Waals surface area contributed by atoms with E-state index in [4.69, 9.17) is 0 Å². The molecule has 0 aliphatic carbocycles. The van der Waals surface area contributed by atoms with E-state index in [-0.39, 0.29) is 0 Å². The predicted octanol–water partition coefficient (Wildman–Crippen LogP) is 4.40. The van der Waals surface area contributed by atoms with Gasteiger partial charge in [0.25, 0.3) is 0 Å². The van der Waals surface area contributed by atoms with Crippen LogP contribution in [0.25, 0.3) is 0 Å². The lowest BCUT2D eigenvalue weighted by Crippen LogP contribution is -2.15. The van der Waals surface area contributed by atoms with Crippen molar-refractivity contribution >= 4 is 21.6 Å². The van der Waals surface area contributed by atoms with Crippen molar-refractivity contribution in [3.8, 4) is 0 Å². The van der Waals surface area contributed by atoms with E-state index in [0.717, 1.165) is 29.7 Å². The Morgan fingerprint density at radius 2 is 2.05 bits per heavy atom. The van der Waals surface area contributed by atoms with Gasteiger partial charge in [0.1, 0.15) is 0 Å². The second-order valence-corrected chi connectivity index (χ2v) is 6.20. The topological polar surface area (TPSA) is 24.1 Å². The second-order valence-electron chi connectivity index (χ2n) is 5.34. The Hall–Kier alpha value is -1.32. The summed E-state index contributed by atoms with van der Waals surface area (Å²) in [6.07, 6.45) is 1.09. The zero-order valence-corrected chi connectivity index (χ0v) is 13.2. The number of hydrogen-bond acceptors (Lipinski definition) is 2. The fourth-order valence-corrected chi connectivity index (χ4v) is 3.34. The predicted molar refractivity (Wildman–Crippen MR) is 88.0 cm³/mol. The molecule has 0 bridgehead atoms. The molecule has 0 saturated heterocycles. The molecule has 0 spiro atoms. The van der Waals surface area contributed by atoms with Gasteiger partial charge in [-0.3, -0.25) is 0 Å². The fraction of sp³-hybridized carbons (Fsp3) is 0.294. The van der Waals surface area contributed by atoms with Crippen LogP contribution in [-0.2, 0) is 6.54 Å². The van der Waals surface area contributed by atoms with Crippen LogP contribution in [0.3, 0.4) is 0 Å². The van der Waals surface area contributed by atoms with Crippen LogP contribution in [0.1, 0.15) is 29.2 Å². The molecule has 1 atom stereocenters. The molecule has 0 saturated carbocycles. The maximum Gasteiger partial charge on any atom is 0.0529 e. The molecule has 20 heavy (non-hydrogen) atoms. The molecule has 0 radical (unpaired) electrons. The minimum Gasteiger partial charge on any atom is -0.377 e. The average molecular weight is 331 g/mol. The molecule has 0 amide bonds. The van der Waals surface area contributed by atoms with Gasteiger partial charge < -0.3 is 10.6 Å². The third-order valence-corrected chi connectivity index (χ3v) is 4.47. The summed E-state index contributed by atoms with van der Waals surface area (Å²) in [5.74, 6) is 0. The van der Waals surface area contributed by atoms with E-state index in [1.54, 1.807) is 0 Å². The molecular weight excluding hydrogens is 312 g/mol. The van der Waals surface area contributed by atoms with Crippen LogP contribution in [0.4, 0.5) is 5.69 Å². The van der Waals surface area contributed by atoms with Crippen LogP contribution in [0, 0.1) is 6.92 Å². The minimum absolute atomic E-state index is 0.361. The number of anilines is 1. The molecule has 3 rings (SSSR count). The van der Waals surface area contributed by atoms with E-state index in [2.05, 4.69) is 76.0 Å². The molecule has 2 N–H and O–H groups in total. The van der Waals surface area contributed by atoms with Crippen molar-refractivity contribution in [3.63, 3.8) is 0 Å². The highest BCUT2D eigenvalue weighted by Crippen LogP contribution is 2.31. The van der Waals surface area contributed by atoms with Crippen LogP contribution >= 0.6 is 15.9 Å². The number of rotatable bonds is 2. The third kappa shape index (κ3) is 2.89. The quantitative estimate of drug-likeness (QED) is 0.852. The summed E-state index contributed by atoms with van der Waals surface area (Å²) in [7, 11) is 0. The molecule has 2 aromatic carbocycles. The Balaban J connectivity index is 1.90. The van der Waals surface area contributed by atoms with Gasteiger partial charge in [-0.25, -0.2) is 0 Å². The minimum atomic E-state index is 0.361. The van der Waals surface area contributed by atoms with Gasteiger partial charge in [-0.2, -0.15) is 0 Å². The lowest BCUT2D eigenvalue weighted by atomic mass is 9.99. The lowest BCUT2D eigenvalue weighted by Gasteiger charge is -2.21. The summed E-state index contributed by atoms with van der Waals surface area (Å²) in [5.41, 5.74) is 5.23. The van der Waals surface area contributed by atoms with Gasteiger partial charge in [0.05, 0.1) is 6.04 Å². The summed E-state index contributed by atoms with van der Waals surface area (Å²) >= 11 is 3.66. The lowest BCUT2D eigenvalue weighted by molar-refractivity contribution is 0.637. The molecule has 0 aromatic heterocycles. The van der Waals surface area contributed by atoms with Crippen molar-refractivity contribution < 1.29 is 0 Å². The van der Waals surface area contributed by atoms with E-state index in [1.807, 2.05) is 0 Å². The maximum atomic E-state index is 3.69. The molecule has 1 unspecified atom stereocenters. The van der Waals surface area contributed by atoms with Crippen LogP contribution in [0.5, 0.6) is 0 Å². The van der Waals surface area contributed by atoms with Crippen molar-refractivity contribution in [3.05, 3.63) is 63.6 Å². The first-order valence-corrected chi connectivity index (χ1v) is 7.84. The van der Waals surface area contributed by atoms with Crippen molar-refractivity contribution in [2.24, 2.45) is 0 Å². The largest absolute Gasteiger partial charge is 0.377 e. The Morgan fingerprint density at radius 1 is 1.20 bits per heavy atom. The molecule has 1 aliphatic heterocycles. The summed E-state index contributed by atoms with van der Waals surface area (Å²) in [6.45, 7) is 4.11. The molecular formula is C17H19BrN2. The fourth-order valence-electron chi connectivity index (χ4n) is 2.73. The summed E-state index contributed by atoms with van der Waals surface area (Å²) < 4.78 is 1.13. The first-order chi connectivity index (χ1) is 9.74. The van der Waals surface area contributed by atoms with Gasteiger partial charge in [-0.15, -0.1) is 0 Å². The van der Waals surface area contributed by atoms with Crippen molar-refractivity contribution in [2.75, 3.05) is 11.9 Å². The first kappa shape index (κ1) is 13.7. The number of hydrogen-bond donors (Lipinski definition) is 2. The van der Waals surface area contributed by atoms with E-state index >= 15 is 0 Å². The number of nitrogens with one attached hydrogen (secondary N) is 2. The van der Waals surface area contributed by atoms with Crippen LogP contribution in [0.2, 0.25) is 0 Å². The van der Waals surface area contributed by atoms with Crippen LogP contribution < -0.4 is 10.6 Å². The highest BCUT2D eigenvalue weighted by molar-refractivity contribution is 9.10. The smallest absolute Gasteiger partial charge is 0.0529 e. The summed E-state index contributed by atoms with van der Waals surface area (Å²) in [6, 6.07) is 15.5. The van der Waals surface area contributed by atoms with Crippen molar-refractivity contribution in [1.29, 1.82) is 0 Å². The van der Waals surface area contributed by atoms with Gasteiger partial charge >= 0.3 is 0 Å². The van der Waals surface area contributed by atoms with Gasteiger partial charge in [0, 0.05) is 16.7 Å². The molecule has 0 fully saturated rings. The van der Waals surface area contributed by atoms with Crippen molar-refractivity contribution in [2.45, 2.75) is 25.9 Å². The first-order valence-electron chi connectivity index (χ1n) is 7.05. The highest BCUT2D eigenvalue weighted by atomic mass is 79.9. The number of aryl methyl sites for hydroxylation is 1. The standard InChI is InChI=1S/C17H19BrN2/c1-12-6-7-17(15(18)10-12)20-16-8-9-19-11-13-4-2-3-5-14(13)16/h2-7,10,16,19-20H,8-9,11H2,1H3. The van der Waals surface area contributed by atoms with Gasteiger partial charge in [0.15, 0.2) is 0 Å². The van der Waals surface area contributed by atoms with E-state index in [9.17, 15) is 0 Å². The number of benzene rings is 2. The highest BCUT2D eigenvalue weighted by Gasteiger charge is 2.18. The number of fused-ring (bicyclic) bond motifs is 1. The number of halogens is 1. The monoisotopic (exact) mass is 330 g/mol. The van der Waals surface area contributed by atoms with Gasteiger partial charge in [0.2, 0.25) is 0 Å². The molecule has 1 heterocycles. The zero-order chi connectivity index (χ0) is 13.9. The summed E-state index contributed by atoms with van der Waals surface area (Å²) in [5, 5.41) is 7.18. The Labute approximate surface area is 128 Å². The Kier molecular flexibility index (Phi) is 4.08. The third-order valence-electron chi connectivity index (χ3n) is 3.81. The van der Waals surface area contributed by atoms with E-state index in [0.29, 0.717) is 6.04 Å². The normalized spacial score (nSPS) is 18.2. The zero-order valence-electron chi connectivity index (χ0n) is 11.6. The van der Waals surface area contributed by atoms with Crippen LogP contribution in [-0.4, -0.2) is 6.54 Å². The Morgan fingerprint density at radius 3 is 2.90 bits per heavy atom. The maximum absolute atomic E-state index is 3.69. The second kappa shape index (κ2) is 5.98. The molecule has 2 aromatic rings. The van der Waals surface area contributed by atoms with Crippen molar-refractivity contribution in [1.82, 2.24) is 5.32 Å². The van der Waals surface area contributed by atoms with Gasteiger partial charge in [-0.05, 0) is 64.6 Å². The molecule has 2 nitrogen and oxygen atoms in total. The molecule has 1 aliphatic rings. The van der Waals surface area contributed by atoms with E-state index < -0.39 is 0 Å². The Bertz CT molecular complexity index is 610. The molecule has 3 heteroatoms. The summed E-state index contributed by atoms with van der Waals surface area (Å²) in [4.78, 5) is 0. The SMILES string of the molecule is Cc1ccc(NC2CCNCc3ccccc32)c(Br)c1. The van der Waals surface area contributed by atoms with E-state index in [1.165, 1.54) is 16.7 Å². The average Bonchev–Trinajstić information content (AvgIpc) is 2.65. The molecule has 104 valence electrons. The van der Waals surface area contributed by atoms with Crippen LogP contribution in [0.15, 0.2) is 46.9 Å².